The molecule has 8 heteroatoms. The largest absolute Gasteiger partial charge is 0.382 e. The molecule has 3 aromatic rings. The van der Waals surface area contributed by atoms with Crippen molar-refractivity contribution in [3.05, 3.63) is 41.9 Å². The maximum Gasteiger partial charge on any atom is 0.254 e. The van der Waals surface area contributed by atoms with Crippen LogP contribution in [0.25, 0.3) is 16.9 Å². The number of hydrogen-bond donors (Lipinski definition) is 2. The Morgan fingerprint density at radius 2 is 2.10 bits per heavy atom. The molecule has 1 saturated carbocycles. The third kappa shape index (κ3) is 4.19. The van der Waals surface area contributed by atoms with Crippen LogP contribution in [0.3, 0.4) is 0 Å². The minimum atomic E-state index is -0.130. The Labute approximate surface area is 169 Å². The van der Waals surface area contributed by atoms with E-state index < -0.39 is 0 Å². The summed E-state index contributed by atoms with van der Waals surface area (Å²) in [6.07, 6.45) is 8.31. The number of fused-ring (bicyclic) bond motifs is 1. The molecule has 0 bridgehead atoms. The zero-order valence-corrected chi connectivity index (χ0v) is 16.5. The molecular weight excluding hydrogens is 366 g/mol. The number of carbonyl (C=O) groups is 1. The van der Waals surface area contributed by atoms with Gasteiger partial charge in [0.05, 0.1) is 23.0 Å². The molecule has 0 unspecified atom stereocenters. The van der Waals surface area contributed by atoms with E-state index in [2.05, 4.69) is 31.8 Å². The van der Waals surface area contributed by atoms with E-state index in [1.54, 1.807) is 23.1 Å². The highest BCUT2D eigenvalue weighted by Crippen LogP contribution is 2.31. The standard InChI is InChI=1S/C21H23N7O/c1-13(2)27-18-8-19(24-12-17(18)21(29)23-6-5-14-3-4-14)28-20-16(11-26-28)7-15(9-22)10-25-20/h7-8,10-14H,3-6H2,1-2H3,(H,23,29)(H,24,27). The molecule has 0 aromatic carbocycles. The Kier molecular flexibility index (Phi) is 5.12. The fraction of sp³-hybridized carbons (Fsp3) is 0.381. The first-order valence-corrected chi connectivity index (χ1v) is 9.84. The summed E-state index contributed by atoms with van der Waals surface area (Å²) in [5.41, 5.74) is 2.29. The lowest BCUT2D eigenvalue weighted by Crippen LogP contribution is -2.27. The van der Waals surface area contributed by atoms with Crippen LogP contribution in [0.2, 0.25) is 0 Å². The van der Waals surface area contributed by atoms with Crippen molar-refractivity contribution in [1.29, 1.82) is 5.26 Å². The quantitative estimate of drug-likeness (QED) is 0.643. The molecule has 0 radical (unpaired) electrons. The van der Waals surface area contributed by atoms with Gasteiger partial charge in [0.2, 0.25) is 0 Å². The van der Waals surface area contributed by atoms with Gasteiger partial charge in [-0.2, -0.15) is 15.0 Å². The van der Waals surface area contributed by atoms with Crippen LogP contribution in [-0.2, 0) is 0 Å². The van der Waals surface area contributed by atoms with Crippen LogP contribution in [0.5, 0.6) is 0 Å². The number of pyridine rings is 2. The highest BCUT2D eigenvalue weighted by atomic mass is 16.1. The first-order chi connectivity index (χ1) is 14.0. The number of rotatable bonds is 7. The molecule has 148 valence electrons. The lowest BCUT2D eigenvalue weighted by molar-refractivity contribution is 0.0953. The van der Waals surface area contributed by atoms with Crippen LogP contribution in [0.1, 0.15) is 49.0 Å². The molecule has 1 aliphatic rings. The third-order valence-corrected chi connectivity index (χ3v) is 4.87. The van der Waals surface area contributed by atoms with Gasteiger partial charge in [-0.25, -0.2) is 9.97 Å². The smallest absolute Gasteiger partial charge is 0.254 e. The van der Waals surface area contributed by atoms with E-state index in [-0.39, 0.29) is 11.9 Å². The average molecular weight is 389 g/mol. The predicted molar refractivity (Wildman–Crippen MR) is 110 cm³/mol. The van der Waals surface area contributed by atoms with Gasteiger partial charge in [0.15, 0.2) is 11.5 Å². The number of nitrogens with zero attached hydrogens (tertiary/aromatic N) is 5. The fourth-order valence-electron chi connectivity index (χ4n) is 3.21. The van der Waals surface area contributed by atoms with Crippen molar-refractivity contribution >= 4 is 22.6 Å². The Morgan fingerprint density at radius 3 is 2.83 bits per heavy atom. The minimum Gasteiger partial charge on any atom is -0.382 e. The highest BCUT2D eigenvalue weighted by Gasteiger charge is 2.21. The third-order valence-electron chi connectivity index (χ3n) is 4.87. The SMILES string of the molecule is CC(C)Nc1cc(-n2ncc3cc(C#N)cnc32)ncc1C(=O)NCCC1CC1. The van der Waals surface area contributed by atoms with E-state index in [9.17, 15) is 4.79 Å². The van der Waals surface area contributed by atoms with Crippen molar-refractivity contribution in [2.24, 2.45) is 5.92 Å². The molecule has 3 heterocycles. The van der Waals surface area contributed by atoms with Crippen molar-refractivity contribution in [2.45, 2.75) is 39.2 Å². The Morgan fingerprint density at radius 1 is 1.28 bits per heavy atom. The zero-order valence-electron chi connectivity index (χ0n) is 16.5. The van der Waals surface area contributed by atoms with Crippen LogP contribution < -0.4 is 10.6 Å². The van der Waals surface area contributed by atoms with Gasteiger partial charge >= 0.3 is 0 Å². The van der Waals surface area contributed by atoms with Gasteiger partial charge in [-0.1, -0.05) is 12.8 Å². The zero-order chi connectivity index (χ0) is 20.4. The van der Waals surface area contributed by atoms with Crippen LogP contribution in [0.4, 0.5) is 5.69 Å². The molecule has 4 rings (SSSR count). The Bertz CT molecular complexity index is 1090. The van der Waals surface area contributed by atoms with Crippen molar-refractivity contribution < 1.29 is 4.79 Å². The summed E-state index contributed by atoms with van der Waals surface area (Å²) in [6.45, 7) is 4.72. The molecule has 3 aromatic heterocycles. The summed E-state index contributed by atoms with van der Waals surface area (Å²) in [7, 11) is 0. The summed E-state index contributed by atoms with van der Waals surface area (Å²) >= 11 is 0. The number of nitrogens with one attached hydrogen (secondary N) is 2. The van der Waals surface area contributed by atoms with E-state index in [0.29, 0.717) is 34.8 Å². The van der Waals surface area contributed by atoms with E-state index >= 15 is 0 Å². The normalized spacial score (nSPS) is 13.4. The maximum atomic E-state index is 12.7. The second-order valence-electron chi connectivity index (χ2n) is 7.68. The van der Waals surface area contributed by atoms with Gasteiger partial charge in [0.25, 0.3) is 5.91 Å². The van der Waals surface area contributed by atoms with Gasteiger partial charge in [-0.15, -0.1) is 0 Å². The van der Waals surface area contributed by atoms with Gasteiger partial charge < -0.3 is 10.6 Å². The van der Waals surface area contributed by atoms with Crippen LogP contribution in [-0.4, -0.2) is 38.2 Å². The van der Waals surface area contributed by atoms with E-state index in [4.69, 9.17) is 5.26 Å². The first kappa shape index (κ1) is 18.9. The number of hydrogen-bond acceptors (Lipinski definition) is 6. The number of amides is 1. The molecule has 1 amide bonds. The lowest BCUT2D eigenvalue weighted by atomic mass is 10.2. The summed E-state index contributed by atoms with van der Waals surface area (Å²) in [6, 6.07) is 5.77. The van der Waals surface area contributed by atoms with E-state index in [1.165, 1.54) is 19.0 Å². The van der Waals surface area contributed by atoms with Gasteiger partial charge in [-0.3, -0.25) is 4.79 Å². The van der Waals surface area contributed by atoms with Gasteiger partial charge in [0, 0.05) is 36.4 Å². The van der Waals surface area contributed by atoms with Crippen molar-refractivity contribution in [3.8, 4) is 11.9 Å². The molecule has 29 heavy (non-hydrogen) atoms. The molecule has 1 aliphatic carbocycles. The fourth-order valence-corrected chi connectivity index (χ4v) is 3.21. The van der Waals surface area contributed by atoms with Crippen molar-refractivity contribution in [1.82, 2.24) is 25.1 Å². The number of anilines is 1. The monoisotopic (exact) mass is 389 g/mol. The first-order valence-electron chi connectivity index (χ1n) is 9.84. The molecular formula is C21H23N7O. The van der Waals surface area contributed by atoms with Crippen molar-refractivity contribution in [2.75, 3.05) is 11.9 Å². The van der Waals surface area contributed by atoms with Crippen molar-refractivity contribution in [3.63, 3.8) is 0 Å². The highest BCUT2D eigenvalue weighted by molar-refractivity contribution is 5.99. The molecule has 2 N–H and O–H groups in total. The topological polar surface area (TPSA) is 109 Å². The van der Waals surface area contributed by atoms with Gasteiger partial charge in [-0.05, 0) is 32.3 Å². The van der Waals surface area contributed by atoms with Crippen LogP contribution >= 0.6 is 0 Å². The van der Waals surface area contributed by atoms with Crippen LogP contribution in [0.15, 0.2) is 30.7 Å². The Hall–Kier alpha value is -3.47. The average Bonchev–Trinajstić information content (AvgIpc) is 3.43. The van der Waals surface area contributed by atoms with E-state index in [0.717, 1.165) is 17.7 Å². The van der Waals surface area contributed by atoms with Gasteiger partial charge in [0.1, 0.15) is 6.07 Å². The minimum absolute atomic E-state index is 0.130. The summed E-state index contributed by atoms with van der Waals surface area (Å²) < 4.78 is 1.61. The summed E-state index contributed by atoms with van der Waals surface area (Å²) in [4.78, 5) is 21.5. The lowest BCUT2D eigenvalue weighted by Gasteiger charge is -2.16. The molecule has 1 fully saturated rings. The number of aromatic nitrogens is 4. The molecule has 0 aliphatic heterocycles. The summed E-state index contributed by atoms with van der Waals surface area (Å²) in [5.74, 6) is 1.19. The Balaban J connectivity index is 1.64. The number of carbonyl (C=O) groups excluding carboxylic acids is 1. The predicted octanol–water partition coefficient (Wildman–Crippen LogP) is 3.04. The number of nitriles is 1. The molecule has 8 nitrogen and oxygen atoms in total. The molecule has 0 saturated heterocycles. The summed E-state index contributed by atoms with van der Waals surface area (Å²) in [5, 5.41) is 20.5. The molecule has 0 spiro atoms. The van der Waals surface area contributed by atoms with Crippen LogP contribution in [0, 0.1) is 17.2 Å². The second kappa shape index (κ2) is 7.87. The second-order valence-corrected chi connectivity index (χ2v) is 7.68. The molecule has 0 atom stereocenters. The maximum absolute atomic E-state index is 12.7. The van der Waals surface area contributed by atoms with E-state index in [1.807, 2.05) is 19.9 Å².